The van der Waals surface area contributed by atoms with Crippen molar-refractivity contribution in [3.8, 4) is 17.0 Å². The molecule has 0 atom stereocenters. The Hall–Kier alpha value is -2.11. The third-order valence-corrected chi connectivity index (χ3v) is 4.06. The van der Waals surface area contributed by atoms with Crippen LogP contribution in [0.3, 0.4) is 0 Å². The molecule has 0 spiro atoms. The monoisotopic (exact) mass is 345 g/mol. The second-order valence-electron chi connectivity index (χ2n) is 5.31. The molecular formula is C17H16ClN3OS. The van der Waals surface area contributed by atoms with Crippen LogP contribution in [0.1, 0.15) is 11.3 Å². The molecule has 0 saturated heterocycles. The topological polar surface area (TPSA) is 52.5 Å². The molecule has 4 nitrogen and oxygen atoms in total. The molecule has 0 aliphatic rings. The van der Waals surface area contributed by atoms with Crippen molar-refractivity contribution in [1.29, 1.82) is 0 Å². The van der Waals surface area contributed by atoms with E-state index >= 15 is 0 Å². The maximum Gasteiger partial charge on any atom is 0.137 e. The summed E-state index contributed by atoms with van der Waals surface area (Å²) >= 11 is 11.2. The maximum atomic E-state index is 6.12. The van der Waals surface area contributed by atoms with E-state index in [1.165, 1.54) is 0 Å². The highest BCUT2D eigenvalue weighted by Crippen LogP contribution is 2.29. The summed E-state index contributed by atoms with van der Waals surface area (Å²) in [5.41, 5.74) is 10.4. The van der Waals surface area contributed by atoms with Gasteiger partial charge in [-0.3, -0.25) is 0 Å². The van der Waals surface area contributed by atoms with Crippen molar-refractivity contribution >= 4 is 34.5 Å². The zero-order valence-electron chi connectivity index (χ0n) is 12.8. The number of methoxy groups -OCH3 is 1. The van der Waals surface area contributed by atoms with Gasteiger partial charge in [-0.2, -0.15) is 0 Å². The van der Waals surface area contributed by atoms with Gasteiger partial charge in [-0.25, -0.2) is 4.98 Å². The number of hydrogen-bond donors (Lipinski definition) is 1. The predicted octanol–water partition coefficient (Wildman–Crippen LogP) is 3.80. The molecule has 3 aromatic rings. The van der Waals surface area contributed by atoms with Crippen LogP contribution in [0.4, 0.5) is 0 Å². The van der Waals surface area contributed by atoms with E-state index in [9.17, 15) is 0 Å². The normalized spacial score (nSPS) is 10.9. The SMILES string of the molecule is COc1ccc(-c2nc3ccc(Cl)cn3c2CC(N)=S)cc1C. The first-order valence-corrected chi connectivity index (χ1v) is 7.88. The smallest absolute Gasteiger partial charge is 0.137 e. The van der Waals surface area contributed by atoms with Gasteiger partial charge in [0.15, 0.2) is 0 Å². The molecule has 6 heteroatoms. The molecule has 118 valence electrons. The van der Waals surface area contributed by atoms with Crippen LogP contribution in [0.15, 0.2) is 36.5 Å². The second-order valence-corrected chi connectivity index (χ2v) is 6.27. The van der Waals surface area contributed by atoms with Gasteiger partial charge in [0.2, 0.25) is 0 Å². The minimum absolute atomic E-state index is 0.415. The second kappa shape index (κ2) is 6.18. The van der Waals surface area contributed by atoms with Crippen LogP contribution in [0.5, 0.6) is 5.75 Å². The van der Waals surface area contributed by atoms with E-state index < -0.39 is 0 Å². The summed E-state index contributed by atoms with van der Waals surface area (Å²) in [6.45, 7) is 2.00. The lowest BCUT2D eigenvalue weighted by Crippen LogP contribution is -2.13. The highest BCUT2D eigenvalue weighted by atomic mass is 35.5. The Kier molecular flexibility index (Phi) is 4.24. The van der Waals surface area contributed by atoms with Crippen molar-refractivity contribution in [3.63, 3.8) is 0 Å². The summed E-state index contributed by atoms with van der Waals surface area (Å²) in [6, 6.07) is 9.67. The molecule has 2 aromatic heterocycles. The van der Waals surface area contributed by atoms with Gasteiger partial charge in [-0.05, 0) is 42.8 Å². The number of hydrogen-bond acceptors (Lipinski definition) is 3. The summed E-state index contributed by atoms with van der Waals surface area (Å²) in [7, 11) is 1.66. The van der Waals surface area contributed by atoms with Crippen LogP contribution in [-0.4, -0.2) is 21.5 Å². The van der Waals surface area contributed by atoms with Gasteiger partial charge in [-0.15, -0.1) is 0 Å². The molecule has 3 rings (SSSR count). The number of nitrogens with zero attached hydrogens (tertiary/aromatic N) is 2. The number of imidazole rings is 1. The minimum atomic E-state index is 0.415. The molecule has 1 aromatic carbocycles. The molecule has 0 radical (unpaired) electrons. The van der Waals surface area contributed by atoms with Crippen LogP contribution in [0.2, 0.25) is 5.02 Å². The number of rotatable bonds is 4. The summed E-state index contributed by atoms with van der Waals surface area (Å²) in [4.78, 5) is 5.14. The van der Waals surface area contributed by atoms with Gasteiger partial charge in [0.05, 0.1) is 28.5 Å². The first-order chi connectivity index (χ1) is 11.0. The van der Waals surface area contributed by atoms with Crippen LogP contribution < -0.4 is 10.5 Å². The highest BCUT2D eigenvalue weighted by molar-refractivity contribution is 7.80. The fourth-order valence-electron chi connectivity index (χ4n) is 2.66. The zero-order chi connectivity index (χ0) is 16.6. The van der Waals surface area contributed by atoms with Crippen molar-refractivity contribution < 1.29 is 4.74 Å². The quantitative estimate of drug-likeness (QED) is 0.731. The average molecular weight is 346 g/mol. The first-order valence-electron chi connectivity index (χ1n) is 7.09. The molecule has 0 unspecified atom stereocenters. The van der Waals surface area contributed by atoms with Crippen molar-refractivity contribution in [2.75, 3.05) is 7.11 Å². The molecule has 0 aliphatic carbocycles. The molecular weight excluding hydrogens is 330 g/mol. The molecule has 0 aliphatic heterocycles. The zero-order valence-corrected chi connectivity index (χ0v) is 14.4. The standard InChI is InChI=1S/C17H16ClN3OS/c1-10-7-11(3-5-14(10)22-2)17-13(8-15(19)23)21-9-12(18)4-6-16(21)20-17/h3-7,9H,8H2,1-2H3,(H2,19,23). The summed E-state index contributed by atoms with van der Waals surface area (Å²) in [6.07, 6.45) is 2.29. The van der Waals surface area contributed by atoms with Gasteiger partial charge >= 0.3 is 0 Å². The third kappa shape index (κ3) is 3.02. The van der Waals surface area contributed by atoms with Gasteiger partial charge < -0.3 is 14.9 Å². The van der Waals surface area contributed by atoms with Crippen LogP contribution >= 0.6 is 23.8 Å². The lowest BCUT2D eigenvalue weighted by Gasteiger charge is -2.08. The summed E-state index contributed by atoms with van der Waals surface area (Å²) < 4.78 is 7.26. The van der Waals surface area contributed by atoms with Gasteiger partial charge in [0.25, 0.3) is 0 Å². The Morgan fingerprint density at radius 3 is 2.78 bits per heavy atom. The number of ether oxygens (including phenoxy) is 1. The lowest BCUT2D eigenvalue weighted by molar-refractivity contribution is 0.412. The number of fused-ring (bicyclic) bond motifs is 1. The first kappa shape index (κ1) is 15.8. The number of benzene rings is 1. The number of aromatic nitrogens is 2. The van der Waals surface area contributed by atoms with Crippen molar-refractivity contribution in [2.45, 2.75) is 13.3 Å². The Balaban J connectivity index is 2.23. The van der Waals surface area contributed by atoms with Gasteiger partial charge in [-0.1, -0.05) is 23.8 Å². The van der Waals surface area contributed by atoms with Crippen molar-refractivity contribution in [1.82, 2.24) is 9.38 Å². The summed E-state index contributed by atoms with van der Waals surface area (Å²) in [5.74, 6) is 0.844. The highest BCUT2D eigenvalue weighted by Gasteiger charge is 2.16. The van der Waals surface area contributed by atoms with E-state index in [2.05, 4.69) is 0 Å². The number of pyridine rings is 1. The fourth-order valence-corrected chi connectivity index (χ4v) is 2.96. The van der Waals surface area contributed by atoms with Crippen LogP contribution in [-0.2, 0) is 6.42 Å². The van der Waals surface area contributed by atoms with Crippen LogP contribution in [0.25, 0.3) is 16.9 Å². The van der Waals surface area contributed by atoms with E-state index in [0.29, 0.717) is 16.4 Å². The third-order valence-electron chi connectivity index (χ3n) is 3.69. The minimum Gasteiger partial charge on any atom is -0.496 e. The lowest BCUT2D eigenvalue weighted by atomic mass is 10.1. The van der Waals surface area contributed by atoms with Crippen molar-refractivity contribution in [2.24, 2.45) is 5.73 Å². The number of nitrogens with two attached hydrogens (primary N) is 1. The Bertz CT molecular complexity index is 904. The molecule has 0 bridgehead atoms. The van der Waals surface area contributed by atoms with E-state index in [4.69, 9.17) is 39.3 Å². The van der Waals surface area contributed by atoms with Gasteiger partial charge in [0, 0.05) is 18.2 Å². The number of halogens is 1. The maximum absolute atomic E-state index is 6.12. The molecule has 0 saturated carbocycles. The van der Waals surface area contributed by atoms with Crippen molar-refractivity contribution in [3.05, 3.63) is 52.8 Å². The Labute approximate surface area is 144 Å². The molecule has 2 heterocycles. The molecule has 2 N–H and O–H groups in total. The number of aryl methyl sites for hydroxylation is 1. The Morgan fingerprint density at radius 1 is 1.35 bits per heavy atom. The predicted molar refractivity (Wildman–Crippen MR) is 97.4 cm³/mol. The van der Waals surface area contributed by atoms with E-state index in [1.54, 1.807) is 7.11 Å². The largest absolute Gasteiger partial charge is 0.496 e. The van der Waals surface area contributed by atoms with E-state index in [0.717, 1.165) is 33.9 Å². The van der Waals surface area contributed by atoms with E-state index in [-0.39, 0.29) is 0 Å². The van der Waals surface area contributed by atoms with Gasteiger partial charge in [0.1, 0.15) is 11.4 Å². The molecule has 23 heavy (non-hydrogen) atoms. The summed E-state index contributed by atoms with van der Waals surface area (Å²) in [5, 5.41) is 0.636. The Morgan fingerprint density at radius 2 is 2.13 bits per heavy atom. The fraction of sp³-hybridized carbons (Fsp3) is 0.176. The average Bonchev–Trinajstić information content (AvgIpc) is 2.84. The molecule has 0 fully saturated rings. The number of thiocarbonyl (C=S) groups is 1. The van der Waals surface area contributed by atoms with E-state index in [1.807, 2.05) is 47.9 Å². The van der Waals surface area contributed by atoms with Crippen LogP contribution in [0, 0.1) is 6.92 Å². The molecule has 0 amide bonds.